The van der Waals surface area contributed by atoms with Gasteiger partial charge in [0.05, 0.1) is 0 Å². The van der Waals surface area contributed by atoms with Gasteiger partial charge in [0.2, 0.25) is 0 Å². The minimum Gasteiger partial charge on any atom is -0.0848 e. The summed E-state index contributed by atoms with van der Waals surface area (Å²) in [5.74, 6) is 22.3. The third kappa shape index (κ3) is 5.56. The lowest BCUT2D eigenvalue weighted by Gasteiger charge is -2.44. The zero-order chi connectivity index (χ0) is 33.4. The molecule has 0 radical (unpaired) electrons. The van der Waals surface area contributed by atoms with Gasteiger partial charge in [-0.3, -0.25) is 0 Å². The first-order valence-electron chi connectivity index (χ1n) is 21.9. The summed E-state index contributed by atoms with van der Waals surface area (Å²) >= 11 is 0. The molecule has 9 fully saturated rings. The van der Waals surface area contributed by atoms with Crippen LogP contribution in [0.15, 0.2) is 36.5 Å². The molecule has 270 valence electrons. The average Bonchev–Trinajstić information content (AvgIpc) is 3.98. The van der Waals surface area contributed by atoms with E-state index < -0.39 is 0 Å². The van der Waals surface area contributed by atoms with Crippen LogP contribution in [0.25, 0.3) is 0 Å². The van der Waals surface area contributed by atoms with Gasteiger partial charge in [0.15, 0.2) is 0 Å². The van der Waals surface area contributed by atoms with Crippen molar-refractivity contribution in [3.05, 3.63) is 36.5 Å². The summed E-state index contributed by atoms with van der Waals surface area (Å²) in [7, 11) is 0. The molecule has 0 heteroatoms. The fourth-order valence-electron chi connectivity index (χ4n) is 15.9. The zero-order valence-corrected chi connectivity index (χ0v) is 32.7. The van der Waals surface area contributed by atoms with Crippen molar-refractivity contribution in [1.29, 1.82) is 0 Å². The smallest absolute Gasteiger partial charge is 0.0194 e. The van der Waals surface area contributed by atoms with Crippen molar-refractivity contribution in [1.82, 2.24) is 0 Å². The normalized spacial score (nSPS) is 52.9. The number of rotatable bonds is 0. The molecule has 0 heterocycles. The lowest BCUT2D eigenvalue weighted by molar-refractivity contribution is 0.0505. The number of hydrogen-bond acceptors (Lipinski definition) is 0. The van der Waals surface area contributed by atoms with Gasteiger partial charge in [-0.2, -0.15) is 0 Å². The summed E-state index contributed by atoms with van der Waals surface area (Å²) in [5, 5.41) is 0. The Balaban J connectivity index is 0.000000160. The van der Waals surface area contributed by atoms with Crippen molar-refractivity contribution in [2.24, 2.45) is 118 Å². The standard InChI is InChI=1S/C17H22.C17H20.6C2H6.CH4/c2*1-2-9-5-8(1)14-12-7-13(15(9)14)17-11-4-3-10(6-11)16(12)17;6*1-2;/h1-2,8-17H,3-7H2;1-4,8-17H,5-7H2;6*1-2H3;1H4. The predicted molar refractivity (Wildman–Crippen MR) is 209 cm³/mol. The highest BCUT2D eigenvalue weighted by Crippen LogP contribution is 2.76. The molecule has 18 unspecified atom stereocenters. The highest BCUT2D eigenvalue weighted by atomic mass is 14.7. The van der Waals surface area contributed by atoms with Crippen LogP contribution >= 0.6 is 0 Å². The Kier molecular flexibility index (Phi) is 13.7. The fourth-order valence-corrected chi connectivity index (χ4v) is 15.9. The van der Waals surface area contributed by atoms with Crippen LogP contribution < -0.4 is 0 Å². The molecule has 12 rings (SSSR count). The minimum atomic E-state index is 0. The van der Waals surface area contributed by atoms with Gasteiger partial charge in [0.25, 0.3) is 0 Å². The van der Waals surface area contributed by atoms with Gasteiger partial charge in [-0.05, 0) is 170 Å². The molecule has 12 aliphatic rings. The van der Waals surface area contributed by atoms with Crippen LogP contribution in [0.3, 0.4) is 0 Å². The quantitative estimate of drug-likeness (QED) is 0.181. The molecule has 0 spiro atoms. The van der Waals surface area contributed by atoms with Gasteiger partial charge in [-0.1, -0.05) is 127 Å². The molecule has 0 aromatic carbocycles. The van der Waals surface area contributed by atoms with Crippen molar-refractivity contribution < 1.29 is 0 Å². The Hall–Kier alpha value is -0.780. The molecule has 0 amide bonds. The minimum absolute atomic E-state index is 0. The van der Waals surface area contributed by atoms with Crippen molar-refractivity contribution in [2.45, 2.75) is 142 Å². The van der Waals surface area contributed by atoms with Gasteiger partial charge in [0, 0.05) is 0 Å². The summed E-state index contributed by atoms with van der Waals surface area (Å²) in [6.07, 6.45) is 28.3. The lowest BCUT2D eigenvalue weighted by Crippen LogP contribution is -2.39. The number of allylic oxidation sites excluding steroid dienone is 6. The second-order valence-electron chi connectivity index (χ2n) is 15.9. The summed E-state index contributed by atoms with van der Waals surface area (Å²) in [6.45, 7) is 24.0. The van der Waals surface area contributed by atoms with Crippen LogP contribution in [0, 0.1) is 118 Å². The van der Waals surface area contributed by atoms with Crippen LogP contribution in [0.1, 0.15) is 142 Å². The summed E-state index contributed by atoms with van der Waals surface area (Å²) in [4.78, 5) is 0. The van der Waals surface area contributed by atoms with Gasteiger partial charge in [-0.25, -0.2) is 0 Å². The van der Waals surface area contributed by atoms with E-state index in [1.165, 1.54) is 48.3 Å². The number of fused-ring (bicyclic) bond motifs is 32. The number of hydrogen-bond donors (Lipinski definition) is 0. The average molecular weight is 647 g/mol. The van der Waals surface area contributed by atoms with Crippen LogP contribution in [-0.4, -0.2) is 0 Å². The molecule has 0 saturated heterocycles. The first kappa shape index (κ1) is 39.0. The Labute approximate surface area is 295 Å². The highest BCUT2D eigenvalue weighted by molar-refractivity contribution is 5.28. The van der Waals surface area contributed by atoms with E-state index in [4.69, 9.17) is 0 Å². The summed E-state index contributed by atoms with van der Waals surface area (Å²) in [5.41, 5.74) is 0. The van der Waals surface area contributed by atoms with Gasteiger partial charge >= 0.3 is 0 Å². The SMILES string of the molecule is C.C1=CC2CC1C1C3CC(C21)C1C2C=CC(C2)C31.C1=CC2CC1C1C3CC(C21)C1C2CCC(C2)C31.CC.CC.CC.CC.CC.CC. The van der Waals surface area contributed by atoms with E-state index in [1.54, 1.807) is 38.5 Å². The Morgan fingerprint density at radius 2 is 0.489 bits per heavy atom. The van der Waals surface area contributed by atoms with E-state index in [0.717, 1.165) is 82.9 Å². The summed E-state index contributed by atoms with van der Waals surface area (Å²) < 4.78 is 0. The fraction of sp³-hybridized carbons (Fsp3) is 0.872. The third-order valence-corrected chi connectivity index (χ3v) is 15.8. The molecule has 0 N–H and O–H groups in total. The van der Waals surface area contributed by atoms with Crippen LogP contribution in [0.2, 0.25) is 0 Å². The summed E-state index contributed by atoms with van der Waals surface area (Å²) in [6, 6.07) is 0. The van der Waals surface area contributed by atoms with Crippen LogP contribution in [0.5, 0.6) is 0 Å². The Morgan fingerprint density at radius 3 is 0.723 bits per heavy atom. The maximum Gasteiger partial charge on any atom is -0.0194 e. The van der Waals surface area contributed by atoms with E-state index in [9.17, 15) is 0 Å². The molecule has 47 heavy (non-hydrogen) atoms. The van der Waals surface area contributed by atoms with E-state index in [2.05, 4.69) is 36.5 Å². The molecule has 0 aromatic rings. The largest absolute Gasteiger partial charge is 0.0848 e. The van der Waals surface area contributed by atoms with E-state index >= 15 is 0 Å². The third-order valence-electron chi connectivity index (χ3n) is 15.8. The second kappa shape index (κ2) is 16.5. The van der Waals surface area contributed by atoms with E-state index in [1.807, 2.05) is 83.1 Å². The first-order chi connectivity index (χ1) is 22.8. The zero-order valence-electron chi connectivity index (χ0n) is 32.7. The molecule has 9 saturated carbocycles. The second-order valence-corrected chi connectivity index (χ2v) is 15.9. The van der Waals surface area contributed by atoms with Crippen LogP contribution in [0.4, 0.5) is 0 Å². The Bertz CT molecular complexity index is 930. The molecule has 0 aliphatic heterocycles. The maximum atomic E-state index is 2.61. The van der Waals surface area contributed by atoms with Crippen molar-refractivity contribution in [2.75, 3.05) is 0 Å². The molecule has 0 nitrogen and oxygen atoms in total. The lowest BCUT2D eigenvalue weighted by atomic mass is 9.61. The molecular weight excluding hydrogens is 565 g/mol. The first-order valence-corrected chi connectivity index (χ1v) is 21.9. The van der Waals surface area contributed by atoms with Crippen molar-refractivity contribution in [3.8, 4) is 0 Å². The molecule has 12 aliphatic carbocycles. The monoisotopic (exact) mass is 647 g/mol. The van der Waals surface area contributed by atoms with Crippen molar-refractivity contribution >= 4 is 0 Å². The van der Waals surface area contributed by atoms with E-state index in [0.29, 0.717) is 0 Å². The molecule has 18 atom stereocenters. The van der Waals surface area contributed by atoms with Gasteiger partial charge in [0.1, 0.15) is 0 Å². The highest BCUT2D eigenvalue weighted by Gasteiger charge is 2.70. The maximum absolute atomic E-state index is 2.61. The Morgan fingerprint density at radius 1 is 0.277 bits per heavy atom. The van der Waals surface area contributed by atoms with Gasteiger partial charge in [-0.15, -0.1) is 0 Å². The van der Waals surface area contributed by atoms with Gasteiger partial charge < -0.3 is 0 Å². The molecular formula is C47H82. The molecule has 12 bridgehead atoms. The molecule has 0 aromatic heterocycles. The van der Waals surface area contributed by atoms with Crippen LogP contribution in [-0.2, 0) is 0 Å². The van der Waals surface area contributed by atoms with Crippen molar-refractivity contribution in [3.63, 3.8) is 0 Å². The topological polar surface area (TPSA) is 0 Å². The predicted octanol–water partition coefficient (Wildman–Crippen LogP) is 14.0. The van der Waals surface area contributed by atoms with E-state index in [-0.39, 0.29) is 7.43 Å².